The van der Waals surface area contributed by atoms with Crippen molar-refractivity contribution in [3.05, 3.63) is 24.0 Å². The molecule has 6 heteroatoms. The Morgan fingerprint density at radius 3 is 2.64 bits per heavy atom. The van der Waals surface area contributed by atoms with Gasteiger partial charge >= 0.3 is 0 Å². The van der Waals surface area contributed by atoms with E-state index in [2.05, 4.69) is 6.92 Å². The fourth-order valence-electron chi connectivity index (χ4n) is 2.83. The van der Waals surface area contributed by atoms with Gasteiger partial charge in [0.25, 0.3) is 0 Å². The van der Waals surface area contributed by atoms with Gasteiger partial charge in [0.1, 0.15) is 6.54 Å². The van der Waals surface area contributed by atoms with Gasteiger partial charge in [-0.2, -0.15) is 0 Å². The number of carbonyl (C=O) groups is 2. The van der Waals surface area contributed by atoms with Crippen molar-refractivity contribution >= 4 is 11.8 Å². The van der Waals surface area contributed by atoms with Gasteiger partial charge in [-0.05, 0) is 38.3 Å². The molecule has 1 atom stereocenters. The Balaban J connectivity index is 2.07. The average molecular weight is 349 g/mol. The van der Waals surface area contributed by atoms with Crippen molar-refractivity contribution < 1.29 is 14.3 Å². The van der Waals surface area contributed by atoms with E-state index in [0.717, 1.165) is 25.0 Å². The maximum absolute atomic E-state index is 12.9. The number of rotatable bonds is 10. The number of nitrogens with zero attached hydrogens (tertiary/aromatic N) is 3. The second-order valence-electron chi connectivity index (χ2n) is 6.92. The number of amides is 2. The summed E-state index contributed by atoms with van der Waals surface area (Å²) in [5.41, 5.74) is 1.06. The molecule has 0 aliphatic heterocycles. The van der Waals surface area contributed by atoms with Crippen LogP contribution in [-0.4, -0.2) is 59.0 Å². The number of hydrogen-bond donors (Lipinski definition) is 0. The smallest absolute Gasteiger partial charge is 0.242 e. The second kappa shape index (κ2) is 9.04. The standard InChI is InChI=1S/C19H31N3O3/c1-5-15(2)22(19(24)16-8-9-16)14-18(23)21(11-12-25-4)13-17-7-6-10-20(17)3/h6-7,10,15-16H,5,8-9,11-14H2,1-4H3. The number of aryl methyl sites for hydroxylation is 1. The molecule has 1 aromatic rings. The molecule has 140 valence electrons. The van der Waals surface area contributed by atoms with Crippen LogP contribution in [0.4, 0.5) is 0 Å². The van der Waals surface area contributed by atoms with Gasteiger partial charge in [-0.25, -0.2) is 0 Å². The topological polar surface area (TPSA) is 54.8 Å². The third-order valence-corrected chi connectivity index (χ3v) is 4.96. The van der Waals surface area contributed by atoms with Crippen LogP contribution in [0.3, 0.4) is 0 Å². The number of hydrogen-bond acceptors (Lipinski definition) is 3. The molecule has 0 bridgehead atoms. The summed E-state index contributed by atoms with van der Waals surface area (Å²) in [6, 6.07) is 4.06. The van der Waals surface area contributed by atoms with Crippen LogP contribution in [0.25, 0.3) is 0 Å². The largest absolute Gasteiger partial charge is 0.383 e. The molecular formula is C19H31N3O3. The summed E-state index contributed by atoms with van der Waals surface area (Å²) in [6.07, 6.45) is 4.73. The first kappa shape index (κ1) is 19.5. The lowest BCUT2D eigenvalue weighted by Crippen LogP contribution is -2.47. The van der Waals surface area contributed by atoms with Crippen molar-refractivity contribution in [3.63, 3.8) is 0 Å². The molecule has 1 heterocycles. The van der Waals surface area contributed by atoms with Crippen LogP contribution in [0.5, 0.6) is 0 Å². The quantitative estimate of drug-likeness (QED) is 0.649. The Labute approximate surface area is 150 Å². The summed E-state index contributed by atoms with van der Waals surface area (Å²) < 4.78 is 7.17. The third kappa shape index (κ3) is 5.33. The second-order valence-corrected chi connectivity index (χ2v) is 6.92. The van der Waals surface area contributed by atoms with Gasteiger partial charge < -0.3 is 19.1 Å². The van der Waals surface area contributed by atoms with Gasteiger partial charge in [-0.1, -0.05) is 6.92 Å². The minimum absolute atomic E-state index is 0.0208. The van der Waals surface area contributed by atoms with E-state index >= 15 is 0 Å². The maximum atomic E-state index is 12.9. The minimum Gasteiger partial charge on any atom is -0.383 e. The lowest BCUT2D eigenvalue weighted by molar-refractivity contribution is -0.143. The number of methoxy groups -OCH3 is 1. The molecule has 1 aliphatic carbocycles. The average Bonchev–Trinajstić information content (AvgIpc) is 3.38. The monoisotopic (exact) mass is 349 g/mol. The van der Waals surface area contributed by atoms with Crippen LogP contribution in [0.1, 0.15) is 38.8 Å². The molecule has 1 aromatic heterocycles. The van der Waals surface area contributed by atoms with Gasteiger partial charge in [0.2, 0.25) is 11.8 Å². The van der Waals surface area contributed by atoms with Crippen LogP contribution >= 0.6 is 0 Å². The first-order chi connectivity index (χ1) is 12.0. The van der Waals surface area contributed by atoms with Gasteiger partial charge in [0.15, 0.2) is 0 Å². The first-order valence-electron chi connectivity index (χ1n) is 9.15. The summed E-state index contributed by atoms with van der Waals surface area (Å²) in [7, 11) is 3.60. The highest BCUT2D eigenvalue weighted by atomic mass is 16.5. The predicted molar refractivity (Wildman–Crippen MR) is 96.9 cm³/mol. The molecule has 1 fully saturated rings. The predicted octanol–water partition coefficient (Wildman–Crippen LogP) is 2.04. The molecule has 2 rings (SSSR count). The van der Waals surface area contributed by atoms with Crippen molar-refractivity contribution in [2.24, 2.45) is 13.0 Å². The van der Waals surface area contributed by atoms with Crippen molar-refractivity contribution in [1.82, 2.24) is 14.4 Å². The summed E-state index contributed by atoms with van der Waals surface area (Å²) in [4.78, 5) is 29.1. The van der Waals surface area contributed by atoms with Crippen molar-refractivity contribution in [2.45, 2.75) is 45.7 Å². The van der Waals surface area contributed by atoms with Crippen molar-refractivity contribution in [2.75, 3.05) is 26.8 Å². The summed E-state index contributed by atoms with van der Waals surface area (Å²) in [6.45, 7) is 5.75. The Kier molecular flexibility index (Phi) is 7.05. The molecule has 0 radical (unpaired) electrons. The van der Waals surface area contributed by atoms with Crippen LogP contribution in [0, 0.1) is 5.92 Å². The molecule has 1 aliphatic rings. The van der Waals surface area contributed by atoms with Crippen LogP contribution < -0.4 is 0 Å². The van der Waals surface area contributed by atoms with E-state index < -0.39 is 0 Å². The summed E-state index contributed by atoms with van der Waals surface area (Å²) in [5.74, 6) is 0.239. The highest BCUT2D eigenvalue weighted by molar-refractivity contribution is 5.87. The van der Waals surface area contributed by atoms with E-state index in [4.69, 9.17) is 4.74 Å². The van der Waals surface area contributed by atoms with E-state index in [1.807, 2.05) is 36.9 Å². The fraction of sp³-hybridized carbons (Fsp3) is 0.684. The molecule has 0 saturated heterocycles. The van der Waals surface area contributed by atoms with Crippen LogP contribution in [-0.2, 0) is 27.9 Å². The summed E-state index contributed by atoms with van der Waals surface area (Å²) in [5, 5.41) is 0. The highest BCUT2D eigenvalue weighted by Gasteiger charge is 2.36. The molecule has 0 N–H and O–H groups in total. The number of aromatic nitrogens is 1. The fourth-order valence-corrected chi connectivity index (χ4v) is 2.83. The van der Waals surface area contributed by atoms with E-state index in [1.54, 1.807) is 16.9 Å². The SMILES string of the molecule is CCC(C)N(CC(=O)N(CCOC)Cc1cccn1C)C(=O)C1CC1. The Morgan fingerprint density at radius 2 is 2.12 bits per heavy atom. The van der Waals surface area contributed by atoms with E-state index in [-0.39, 0.29) is 30.3 Å². The number of carbonyl (C=O) groups excluding carboxylic acids is 2. The first-order valence-corrected chi connectivity index (χ1v) is 9.15. The lowest BCUT2D eigenvalue weighted by atomic mass is 10.2. The van der Waals surface area contributed by atoms with Crippen molar-refractivity contribution in [3.8, 4) is 0 Å². The molecule has 2 amide bonds. The Bertz CT molecular complexity index is 580. The zero-order valence-electron chi connectivity index (χ0n) is 15.9. The highest BCUT2D eigenvalue weighted by Crippen LogP contribution is 2.32. The molecular weight excluding hydrogens is 318 g/mol. The van der Waals surface area contributed by atoms with Gasteiger partial charge in [-0.15, -0.1) is 0 Å². The Morgan fingerprint density at radius 1 is 1.40 bits per heavy atom. The third-order valence-electron chi connectivity index (χ3n) is 4.96. The zero-order chi connectivity index (χ0) is 18.4. The van der Waals surface area contributed by atoms with Crippen LogP contribution in [0.15, 0.2) is 18.3 Å². The number of ether oxygens (including phenoxy) is 1. The lowest BCUT2D eigenvalue weighted by Gasteiger charge is -2.31. The van der Waals surface area contributed by atoms with Gasteiger partial charge in [-0.3, -0.25) is 9.59 Å². The summed E-state index contributed by atoms with van der Waals surface area (Å²) >= 11 is 0. The molecule has 0 spiro atoms. The van der Waals surface area contributed by atoms with E-state index in [1.165, 1.54) is 0 Å². The molecule has 1 saturated carbocycles. The molecule has 0 aromatic carbocycles. The molecule has 1 unspecified atom stereocenters. The van der Waals surface area contributed by atoms with Crippen molar-refractivity contribution in [1.29, 1.82) is 0 Å². The van der Waals surface area contributed by atoms with E-state index in [0.29, 0.717) is 19.7 Å². The minimum atomic E-state index is -0.0208. The van der Waals surface area contributed by atoms with Gasteiger partial charge in [0.05, 0.1) is 13.2 Å². The maximum Gasteiger partial charge on any atom is 0.242 e. The zero-order valence-corrected chi connectivity index (χ0v) is 15.9. The Hall–Kier alpha value is -1.82. The van der Waals surface area contributed by atoms with Gasteiger partial charge in [0, 0.05) is 44.6 Å². The van der Waals surface area contributed by atoms with Crippen LogP contribution in [0.2, 0.25) is 0 Å². The van der Waals surface area contributed by atoms with E-state index in [9.17, 15) is 9.59 Å². The molecule has 6 nitrogen and oxygen atoms in total. The normalized spacial score (nSPS) is 15.0. The molecule has 25 heavy (non-hydrogen) atoms.